The molecule has 0 saturated carbocycles. The molecule has 2 rings (SSSR count). The molecule has 2 amide bonds. The van der Waals surface area contributed by atoms with Crippen LogP contribution >= 0.6 is 22.6 Å². The first-order valence-electron chi connectivity index (χ1n) is 10.0. The van der Waals surface area contributed by atoms with Crippen LogP contribution in [0.1, 0.15) is 32.6 Å². The van der Waals surface area contributed by atoms with Crippen LogP contribution in [0.15, 0.2) is 24.3 Å². The van der Waals surface area contributed by atoms with E-state index in [0.717, 1.165) is 3.57 Å². The lowest BCUT2D eigenvalue weighted by Gasteiger charge is -2.28. The third-order valence-corrected chi connectivity index (χ3v) is 5.82. The van der Waals surface area contributed by atoms with Gasteiger partial charge in [0.25, 0.3) is 0 Å². The van der Waals surface area contributed by atoms with E-state index in [4.69, 9.17) is 9.47 Å². The van der Waals surface area contributed by atoms with Crippen molar-refractivity contribution in [3.05, 3.63) is 27.8 Å². The zero-order valence-electron chi connectivity index (χ0n) is 17.9. The summed E-state index contributed by atoms with van der Waals surface area (Å²) in [5.74, 6) is -1.56. The van der Waals surface area contributed by atoms with Gasteiger partial charge in [-0.25, -0.2) is 4.79 Å². The molecule has 0 unspecified atom stereocenters. The molecule has 0 aromatic heterocycles. The fourth-order valence-corrected chi connectivity index (χ4v) is 3.84. The first-order chi connectivity index (χ1) is 14.8. The highest BCUT2D eigenvalue weighted by atomic mass is 127. The SMILES string of the molecule is COC(=O)[C@H](CCC(=O)Nc1ccc(I)cc1)N[C@@H](C)C(=O)N1CCC[C@H]1C(=O)OC. The van der Waals surface area contributed by atoms with Gasteiger partial charge in [0.1, 0.15) is 12.1 Å². The molecule has 0 radical (unpaired) electrons. The van der Waals surface area contributed by atoms with Gasteiger partial charge in [-0.15, -0.1) is 0 Å². The summed E-state index contributed by atoms with van der Waals surface area (Å²) in [6.45, 7) is 2.07. The molecule has 0 aliphatic carbocycles. The van der Waals surface area contributed by atoms with Crippen LogP contribution in [0.5, 0.6) is 0 Å². The molecule has 1 fully saturated rings. The highest BCUT2D eigenvalue weighted by Gasteiger charge is 2.37. The monoisotopic (exact) mass is 545 g/mol. The Bertz CT molecular complexity index is 801. The Balaban J connectivity index is 1.94. The second kappa shape index (κ2) is 12.0. The number of amides is 2. The number of methoxy groups -OCH3 is 2. The predicted octanol–water partition coefficient (Wildman–Crippen LogP) is 1.69. The van der Waals surface area contributed by atoms with Gasteiger partial charge in [-0.1, -0.05) is 0 Å². The number of benzene rings is 1. The number of hydrogen-bond donors (Lipinski definition) is 2. The Labute approximate surface area is 195 Å². The van der Waals surface area contributed by atoms with Crippen LogP contribution < -0.4 is 10.6 Å². The summed E-state index contributed by atoms with van der Waals surface area (Å²) in [7, 11) is 2.54. The summed E-state index contributed by atoms with van der Waals surface area (Å²) < 4.78 is 10.7. The summed E-state index contributed by atoms with van der Waals surface area (Å²) in [5.41, 5.74) is 0.666. The molecule has 0 bridgehead atoms. The molecule has 1 aliphatic heterocycles. The van der Waals surface area contributed by atoms with Crippen molar-refractivity contribution in [1.82, 2.24) is 10.2 Å². The molecule has 3 atom stereocenters. The molecule has 1 aromatic carbocycles. The highest BCUT2D eigenvalue weighted by Crippen LogP contribution is 2.20. The number of nitrogens with zero attached hydrogens (tertiary/aromatic N) is 1. The predicted molar refractivity (Wildman–Crippen MR) is 122 cm³/mol. The smallest absolute Gasteiger partial charge is 0.328 e. The quantitative estimate of drug-likeness (QED) is 0.359. The van der Waals surface area contributed by atoms with Gasteiger partial charge >= 0.3 is 11.9 Å². The molecule has 10 heteroatoms. The van der Waals surface area contributed by atoms with Gasteiger partial charge in [-0.3, -0.25) is 19.7 Å². The van der Waals surface area contributed by atoms with E-state index in [1.54, 1.807) is 19.1 Å². The van der Waals surface area contributed by atoms with Gasteiger partial charge in [0.2, 0.25) is 11.8 Å². The van der Waals surface area contributed by atoms with Crippen molar-refractivity contribution in [2.24, 2.45) is 0 Å². The van der Waals surface area contributed by atoms with Crippen molar-refractivity contribution in [3.8, 4) is 0 Å². The minimum Gasteiger partial charge on any atom is -0.468 e. The maximum atomic E-state index is 12.9. The van der Waals surface area contributed by atoms with E-state index in [1.807, 2.05) is 12.1 Å². The molecule has 2 N–H and O–H groups in total. The normalized spacial score (nSPS) is 17.5. The lowest BCUT2D eigenvalue weighted by molar-refractivity contribution is -0.152. The van der Waals surface area contributed by atoms with E-state index >= 15 is 0 Å². The Morgan fingerprint density at radius 1 is 1.16 bits per heavy atom. The van der Waals surface area contributed by atoms with Crippen LogP contribution in [0.4, 0.5) is 5.69 Å². The summed E-state index contributed by atoms with van der Waals surface area (Å²) in [4.78, 5) is 50.7. The molecule has 170 valence electrons. The number of carbonyl (C=O) groups is 4. The number of ether oxygens (including phenoxy) is 2. The molecular weight excluding hydrogens is 517 g/mol. The Morgan fingerprint density at radius 3 is 2.45 bits per heavy atom. The number of nitrogens with one attached hydrogen (secondary N) is 2. The summed E-state index contributed by atoms with van der Waals surface area (Å²) in [5, 5.41) is 5.73. The average molecular weight is 545 g/mol. The van der Waals surface area contributed by atoms with Crippen LogP contribution in [0.25, 0.3) is 0 Å². The van der Waals surface area contributed by atoms with Gasteiger partial charge in [0.05, 0.1) is 20.3 Å². The molecule has 9 nitrogen and oxygen atoms in total. The first kappa shape index (κ1) is 25.1. The van der Waals surface area contributed by atoms with Crippen LogP contribution in [-0.2, 0) is 28.7 Å². The van der Waals surface area contributed by atoms with Crippen LogP contribution in [0.2, 0.25) is 0 Å². The summed E-state index contributed by atoms with van der Waals surface area (Å²) in [6, 6.07) is 5.15. The lowest BCUT2D eigenvalue weighted by atomic mass is 10.1. The van der Waals surface area contributed by atoms with E-state index in [-0.39, 0.29) is 24.7 Å². The topological polar surface area (TPSA) is 114 Å². The summed E-state index contributed by atoms with van der Waals surface area (Å²) in [6.07, 6.45) is 1.47. The van der Waals surface area contributed by atoms with E-state index in [1.165, 1.54) is 19.1 Å². The van der Waals surface area contributed by atoms with Crippen molar-refractivity contribution < 1.29 is 28.7 Å². The number of carbonyl (C=O) groups excluding carboxylic acids is 4. The molecule has 1 aromatic rings. The number of anilines is 1. The summed E-state index contributed by atoms with van der Waals surface area (Å²) >= 11 is 2.17. The third-order valence-electron chi connectivity index (χ3n) is 5.10. The van der Waals surface area contributed by atoms with Crippen LogP contribution in [0.3, 0.4) is 0 Å². The Kier molecular flexibility index (Phi) is 9.69. The Hall–Kier alpha value is -2.21. The van der Waals surface area contributed by atoms with Crippen molar-refractivity contribution >= 4 is 52.0 Å². The molecule has 0 spiro atoms. The van der Waals surface area contributed by atoms with Crippen LogP contribution in [-0.4, -0.2) is 67.5 Å². The maximum Gasteiger partial charge on any atom is 0.328 e. The molecule has 1 heterocycles. The fourth-order valence-electron chi connectivity index (χ4n) is 3.48. The zero-order valence-corrected chi connectivity index (χ0v) is 20.0. The highest BCUT2D eigenvalue weighted by molar-refractivity contribution is 14.1. The fraction of sp³-hybridized carbons (Fsp3) is 0.524. The number of esters is 2. The largest absolute Gasteiger partial charge is 0.468 e. The van der Waals surface area contributed by atoms with Gasteiger partial charge in [-0.05, 0) is 73.0 Å². The van der Waals surface area contributed by atoms with E-state index in [2.05, 4.69) is 33.2 Å². The number of rotatable bonds is 9. The van der Waals surface area contributed by atoms with E-state index < -0.39 is 30.1 Å². The average Bonchev–Trinajstić information content (AvgIpc) is 3.26. The zero-order chi connectivity index (χ0) is 23.0. The molecule has 1 aliphatic rings. The van der Waals surface area contributed by atoms with Crippen molar-refractivity contribution in [2.45, 2.75) is 50.7 Å². The van der Waals surface area contributed by atoms with Gasteiger partial charge in [0.15, 0.2) is 0 Å². The second-order valence-corrected chi connectivity index (χ2v) is 8.52. The van der Waals surface area contributed by atoms with Gasteiger partial charge in [-0.2, -0.15) is 0 Å². The second-order valence-electron chi connectivity index (χ2n) is 7.27. The minimum atomic E-state index is -0.842. The van der Waals surface area contributed by atoms with Gasteiger partial charge < -0.3 is 19.7 Å². The molecular formula is C21H28IN3O6. The standard InChI is InChI=1S/C21H28IN3O6/c1-13(19(27)25-12-4-5-17(25)21(29)31-3)23-16(20(28)30-2)10-11-18(26)24-15-8-6-14(22)7-9-15/h6-9,13,16-17,23H,4-5,10-12H2,1-3H3,(H,24,26)/t13-,16-,17-/m0/s1. The van der Waals surface area contributed by atoms with Gasteiger partial charge in [0, 0.05) is 22.2 Å². The molecule has 31 heavy (non-hydrogen) atoms. The number of likely N-dealkylation sites (tertiary alicyclic amines) is 1. The number of halogens is 1. The Morgan fingerprint density at radius 2 is 1.84 bits per heavy atom. The number of hydrogen-bond acceptors (Lipinski definition) is 7. The van der Waals surface area contributed by atoms with Crippen molar-refractivity contribution in [3.63, 3.8) is 0 Å². The van der Waals surface area contributed by atoms with Crippen molar-refractivity contribution in [2.75, 3.05) is 26.1 Å². The maximum absolute atomic E-state index is 12.9. The van der Waals surface area contributed by atoms with E-state index in [9.17, 15) is 19.2 Å². The third kappa shape index (κ3) is 7.17. The van der Waals surface area contributed by atoms with Crippen LogP contribution in [0, 0.1) is 3.57 Å². The van der Waals surface area contributed by atoms with E-state index in [0.29, 0.717) is 25.1 Å². The minimum absolute atomic E-state index is 0.0637. The first-order valence-corrected chi connectivity index (χ1v) is 11.1. The van der Waals surface area contributed by atoms with Crippen molar-refractivity contribution in [1.29, 1.82) is 0 Å². The molecule has 1 saturated heterocycles. The lowest BCUT2D eigenvalue weighted by Crippen LogP contribution is -2.53.